The molecule has 0 saturated carbocycles. The van der Waals surface area contributed by atoms with Crippen LogP contribution in [-0.4, -0.2) is 30.0 Å². The van der Waals surface area contributed by atoms with Crippen LogP contribution in [0.25, 0.3) is 0 Å². The van der Waals surface area contributed by atoms with Gasteiger partial charge >= 0.3 is 0 Å². The van der Waals surface area contributed by atoms with Gasteiger partial charge in [0.25, 0.3) is 0 Å². The van der Waals surface area contributed by atoms with Crippen LogP contribution in [0.5, 0.6) is 5.75 Å². The molecule has 0 aliphatic carbocycles. The van der Waals surface area contributed by atoms with Gasteiger partial charge in [-0.15, -0.1) is 0 Å². The minimum absolute atomic E-state index is 0.524. The molecule has 0 amide bonds. The van der Waals surface area contributed by atoms with Crippen LogP contribution in [0.2, 0.25) is 0 Å². The first-order valence-electron chi connectivity index (χ1n) is 5.49. The monoisotopic (exact) mass is 209 g/mol. The standard InChI is InChI=1S/C11H19N3O/c1-8-4-9(6-12-5-8)11-10(15-3)7-13-14(11)2/h7-9,12H,4-6H2,1-3H3. The number of ether oxygens (including phenoxy) is 1. The third kappa shape index (κ3) is 2.00. The summed E-state index contributed by atoms with van der Waals surface area (Å²) in [5.74, 6) is 2.16. The molecule has 1 aliphatic rings. The number of aromatic nitrogens is 2. The Morgan fingerprint density at radius 3 is 3.00 bits per heavy atom. The molecular weight excluding hydrogens is 190 g/mol. The van der Waals surface area contributed by atoms with Crippen LogP contribution in [0.1, 0.15) is 25.0 Å². The largest absolute Gasteiger partial charge is 0.493 e. The Balaban J connectivity index is 2.23. The molecule has 2 atom stereocenters. The fraction of sp³-hybridized carbons (Fsp3) is 0.727. The number of piperidine rings is 1. The number of methoxy groups -OCH3 is 1. The highest BCUT2D eigenvalue weighted by molar-refractivity contribution is 5.29. The van der Waals surface area contributed by atoms with Crippen LogP contribution >= 0.6 is 0 Å². The van der Waals surface area contributed by atoms with Crippen molar-refractivity contribution in [3.8, 4) is 5.75 Å². The molecule has 2 unspecified atom stereocenters. The van der Waals surface area contributed by atoms with Gasteiger partial charge in [0.05, 0.1) is 19.0 Å². The summed E-state index contributed by atoms with van der Waals surface area (Å²) in [5, 5.41) is 7.71. The lowest BCUT2D eigenvalue weighted by molar-refractivity contribution is 0.339. The van der Waals surface area contributed by atoms with Crippen molar-refractivity contribution in [1.82, 2.24) is 15.1 Å². The number of hydrogen-bond acceptors (Lipinski definition) is 3. The second-order valence-electron chi connectivity index (χ2n) is 4.42. The molecule has 0 radical (unpaired) electrons. The van der Waals surface area contributed by atoms with E-state index in [0.717, 1.165) is 24.8 Å². The maximum Gasteiger partial charge on any atom is 0.160 e. The summed E-state index contributed by atoms with van der Waals surface area (Å²) in [6.07, 6.45) is 3.01. The molecule has 0 bridgehead atoms. The average molecular weight is 209 g/mol. The van der Waals surface area contributed by atoms with Gasteiger partial charge in [0.2, 0.25) is 0 Å². The quantitative estimate of drug-likeness (QED) is 0.794. The van der Waals surface area contributed by atoms with E-state index in [2.05, 4.69) is 17.3 Å². The molecule has 84 valence electrons. The lowest BCUT2D eigenvalue weighted by Crippen LogP contribution is -2.34. The molecule has 4 nitrogen and oxygen atoms in total. The highest BCUT2D eigenvalue weighted by atomic mass is 16.5. The number of nitrogens with one attached hydrogen (secondary N) is 1. The van der Waals surface area contributed by atoms with Crippen LogP contribution in [0.15, 0.2) is 6.20 Å². The Bertz CT molecular complexity index is 335. The smallest absolute Gasteiger partial charge is 0.160 e. The zero-order valence-electron chi connectivity index (χ0n) is 9.66. The number of hydrogen-bond donors (Lipinski definition) is 1. The van der Waals surface area contributed by atoms with Crippen LogP contribution in [0, 0.1) is 5.92 Å². The van der Waals surface area contributed by atoms with E-state index in [0.29, 0.717) is 5.92 Å². The van der Waals surface area contributed by atoms with E-state index in [4.69, 9.17) is 4.74 Å². The molecule has 1 aliphatic heterocycles. The summed E-state index contributed by atoms with van der Waals surface area (Å²) in [7, 11) is 3.69. The predicted octanol–water partition coefficient (Wildman–Crippen LogP) is 1.14. The van der Waals surface area contributed by atoms with Gasteiger partial charge in [0, 0.05) is 19.5 Å². The van der Waals surface area contributed by atoms with Crippen molar-refractivity contribution < 1.29 is 4.74 Å². The number of rotatable bonds is 2. The van der Waals surface area contributed by atoms with Crippen molar-refractivity contribution >= 4 is 0 Å². The predicted molar refractivity (Wildman–Crippen MR) is 59.2 cm³/mol. The lowest BCUT2D eigenvalue weighted by atomic mass is 9.89. The topological polar surface area (TPSA) is 39.1 Å². The normalized spacial score (nSPS) is 26.6. The van der Waals surface area contributed by atoms with Gasteiger partial charge < -0.3 is 10.1 Å². The summed E-state index contributed by atoms with van der Waals surface area (Å²) in [6, 6.07) is 0. The first-order valence-corrected chi connectivity index (χ1v) is 5.49. The van der Waals surface area contributed by atoms with E-state index >= 15 is 0 Å². The van der Waals surface area contributed by atoms with Crippen LogP contribution < -0.4 is 10.1 Å². The molecule has 2 heterocycles. The number of aryl methyl sites for hydroxylation is 1. The van der Waals surface area contributed by atoms with Crippen molar-refractivity contribution in [3.05, 3.63) is 11.9 Å². The molecule has 1 N–H and O–H groups in total. The molecule has 1 fully saturated rings. The summed E-state index contributed by atoms with van der Waals surface area (Å²) < 4.78 is 7.28. The van der Waals surface area contributed by atoms with E-state index in [1.807, 2.05) is 11.7 Å². The highest BCUT2D eigenvalue weighted by Gasteiger charge is 2.25. The minimum Gasteiger partial charge on any atom is -0.493 e. The Labute approximate surface area is 90.6 Å². The molecule has 1 aromatic rings. The molecule has 15 heavy (non-hydrogen) atoms. The fourth-order valence-corrected chi connectivity index (χ4v) is 2.41. The van der Waals surface area contributed by atoms with Gasteiger partial charge in [-0.2, -0.15) is 5.10 Å². The van der Waals surface area contributed by atoms with Crippen LogP contribution in [0.4, 0.5) is 0 Å². The van der Waals surface area contributed by atoms with Crippen LogP contribution in [-0.2, 0) is 7.05 Å². The SMILES string of the molecule is COc1cnn(C)c1C1CNCC(C)C1. The van der Waals surface area contributed by atoms with Crippen molar-refractivity contribution in [2.45, 2.75) is 19.3 Å². The third-order valence-electron chi connectivity index (χ3n) is 3.13. The van der Waals surface area contributed by atoms with Gasteiger partial charge in [0.15, 0.2) is 5.75 Å². The first kappa shape index (κ1) is 10.5. The van der Waals surface area contributed by atoms with E-state index < -0.39 is 0 Å². The number of nitrogens with zero attached hydrogens (tertiary/aromatic N) is 2. The molecule has 0 spiro atoms. The molecule has 0 aromatic carbocycles. The summed E-state index contributed by atoms with van der Waals surface area (Å²) in [6.45, 7) is 4.43. The van der Waals surface area contributed by atoms with E-state index in [-0.39, 0.29) is 0 Å². The highest BCUT2D eigenvalue weighted by Crippen LogP contribution is 2.31. The van der Waals surface area contributed by atoms with Crippen molar-refractivity contribution in [2.24, 2.45) is 13.0 Å². The first-order chi connectivity index (χ1) is 7.22. The van der Waals surface area contributed by atoms with E-state index in [9.17, 15) is 0 Å². The van der Waals surface area contributed by atoms with E-state index in [1.54, 1.807) is 13.3 Å². The summed E-state index contributed by atoms with van der Waals surface area (Å²) in [5.41, 5.74) is 1.22. The zero-order chi connectivity index (χ0) is 10.8. The average Bonchev–Trinajstić information content (AvgIpc) is 2.59. The molecule has 1 saturated heterocycles. The molecule has 1 aromatic heterocycles. The second-order valence-corrected chi connectivity index (χ2v) is 4.42. The maximum absolute atomic E-state index is 5.34. The van der Waals surface area contributed by atoms with Crippen LogP contribution in [0.3, 0.4) is 0 Å². The fourth-order valence-electron chi connectivity index (χ4n) is 2.41. The Hall–Kier alpha value is -1.03. The Morgan fingerprint density at radius 2 is 2.33 bits per heavy atom. The summed E-state index contributed by atoms with van der Waals surface area (Å²) >= 11 is 0. The van der Waals surface area contributed by atoms with E-state index in [1.165, 1.54) is 12.1 Å². The van der Waals surface area contributed by atoms with Gasteiger partial charge in [0.1, 0.15) is 0 Å². The van der Waals surface area contributed by atoms with Gasteiger partial charge in [-0.1, -0.05) is 6.92 Å². The maximum atomic E-state index is 5.34. The molecule has 2 rings (SSSR count). The minimum atomic E-state index is 0.524. The van der Waals surface area contributed by atoms with Gasteiger partial charge in [-0.25, -0.2) is 0 Å². The van der Waals surface area contributed by atoms with Crippen molar-refractivity contribution in [3.63, 3.8) is 0 Å². The second kappa shape index (κ2) is 4.23. The molecule has 4 heteroatoms. The van der Waals surface area contributed by atoms with Crippen molar-refractivity contribution in [1.29, 1.82) is 0 Å². The summed E-state index contributed by atoms with van der Waals surface area (Å²) in [4.78, 5) is 0. The van der Waals surface area contributed by atoms with Crippen molar-refractivity contribution in [2.75, 3.05) is 20.2 Å². The third-order valence-corrected chi connectivity index (χ3v) is 3.13. The van der Waals surface area contributed by atoms with Gasteiger partial charge in [-0.3, -0.25) is 4.68 Å². The van der Waals surface area contributed by atoms with Gasteiger partial charge in [-0.05, 0) is 18.9 Å². The Morgan fingerprint density at radius 1 is 1.53 bits per heavy atom. The molecular formula is C11H19N3O. The Kier molecular flexibility index (Phi) is 2.95. The zero-order valence-corrected chi connectivity index (χ0v) is 9.66. The lowest BCUT2D eigenvalue weighted by Gasteiger charge is -2.28.